The van der Waals surface area contributed by atoms with Crippen LogP contribution in [0.5, 0.6) is 0 Å². The summed E-state index contributed by atoms with van der Waals surface area (Å²) in [5.74, 6) is 0.610. The van der Waals surface area contributed by atoms with Crippen molar-refractivity contribution in [3.8, 4) is 0 Å². The summed E-state index contributed by atoms with van der Waals surface area (Å²) in [4.78, 5) is 4.08. The van der Waals surface area contributed by atoms with Crippen molar-refractivity contribution < 1.29 is 0 Å². The molecule has 0 radical (unpaired) electrons. The highest BCUT2D eigenvalue weighted by Gasteiger charge is 2.01. The van der Waals surface area contributed by atoms with Crippen LogP contribution in [0, 0.1) is 5.92 Å². The second-order valence-corrected chi connectivity index (χ2v) is 3.83. The summed E-state index contributed by atoms with van der Waals surface area (Å²) in [5.41, 5.74) is 6.91. The normalized spacial score (nSPS) is 12.7. The van der Waals surface area contributed by atoms with Crippen molar-refractivity contribution in [2.45, 2.75) is 19.8 Å². The molecule has 0 aromatic carbocycles. The molecular weight excluding hydrogens is 186 g/mol. The number of hydrogen-bond donors (Lipinski definition) is 2. The minimum atomic E-state index is 0.610. The van der Waals surface area contributed by atoms with Crippen LogP contribution in [-0.4, -0.2) is 24.6 Å². The zero-order valence-electron chi connectivity index (χ0n) is 9.45. The molecule has 15 heavy (non-hydrogen) atoms. The van der Waals surface area contributed by atoms with E-state index in [-0.39, 0.29) is 0 Å². The summed E-state index contributed by atoms with van der Waals surface area (Å²) in [6.07, 6.45) is 5.91. The first-order valence-corrected chi connectivity index (χ1v) is 5.66. The Bertz CT molecular complexity index is 244. The van der Waals surface area contributed by atoms with Gasteiger partial charge in [0.25, 0.3) is 0 Å². The van der Waals surface area contributed by atoms with Crippen LogP contribution in [0.15, 0.2) is 24.5 Å². The first-order valence-electron chi connectivity index (χ1n) is 5.66. The zero-order valence-corrected chi connectivity index (χ0v) is 9.45. The molecule has 0 aliphatic rings. The van der Waals surface area contributed by atoms with Gasteiger partial charge in [0.2, 0.25) is 0 Å². The molecule has 1 rings (SSSR count). The molecule has 1 unspecified atom stereocenters. The van der Waals surface area contributed by atoms with Crippen LogP contribution in [0.3, 0.4) is 0 Å². The third-order valence-corrected chi connectivity index (χ3v) is 2.66. The number of nitrogens with one attached hydrogen (secondary N) is 1. The van der Waals surface area contributed by atoms with Crippen LogP contribution in [0.1, 0.15) is 18.9 Å². The van der Waals surface area contributed by atoms with Crippen LogP contribution in [0.4, 0.5) is 0 Å². The summed E-state index contributed by atoms with van der Waals surface area (Å²) >= 11 is 0. The summed E-state index contributed by atoms with van der Waals surface area (Å²) in [5, 5.41) is 3.43. The second-order valence-electron chi connectivity index (χ2n) is 3.83. The smallest absolute Gasteiger partial charge is 0.0300 e. The number of aromatic nitrogens is 1. The van der Waals surface area contributed by atoms with Crippen molar-refractivity contribution in [3.63, 3.8) is 0 Å². The predicted molar refractivity (Wildman–Crippen MR) is 63.6 cm³/mol. The zero-order chi connectivity index (χ0) is 10.9. The average Bonchev–Trinajstić information content (AvgIpc) is 2.31. The maximum Gasteiger partial charge on any atom is 0.0300 e. The molecule has 1 aromatic rings. The molecule has 0 fully saturated rings. The summed E-state index contributed by atoms with van der Waals surface area (Å²) in [7, 11) is 0. The minimum absolute atomic E-state index is 0.610. The van der Waals surface area contributed by atoms with Crippen molar-refractivity contribution in [1.82, 2.24) is 10.3 Å². The van der Waals surface area contributed by atoms with Crippen molar-refractivity contribution in [2.24, 2.45) is 11.7 Å². The first-order chi connectivity index (χ1) is 7.36. The van der Waals surface area contributed by atoms with Gasteiger partial charge in [-0.25, -0.2) is 0 Å². The number of rotatable bonds is 7. The topological polar surface area (TPSA) is 50.9 Å². The molecule has 0 aliphatic carbocycles. The van der Waals surface area contributed by atoms with E-state index >= 15 is 0 Å². The molecule has 1 aromatic heterocycles. The molecule has 0 spiro atoms. The Morgan fingerprint density at radius 3 is 3.00 bits per heavy atom. The molecule has 0 saturated heterocycles. The lowest BCUT2D eigenvalue weighted by atomic mass is 10.1. The van der Waals surface area contributed by atoms with Gasteiger partial charge < -0.3 is 11.1 Å². The summed E-state index contributed by atoms with van der Waals surface area (Å²) in [6.45, 7) is 4.98. The number of hydrogen-bond acceptors (Lipinski definition) is 3. The number of pyridine rings is 1. The van der Waals surface area contributed by atoms with E-state index in [0.717, 1.165) is 32.5 Å². The molecule has 84 valence electrons. The highest BCUT2D eigenvalue weighted by Crippen LogP contribution is 1.98. The van der Waals surface area contributed by atoms with E-state index in [2.05, 4.69) is 23.3 Å². The maximum absolute atomic E-state index is 5.63. The standard InChI is InChI=1S/C12H21N3/c1-2-11(8-13)9-15-7-5-12-4-3-6-14-10-12/h3-4,6,10-11,15H,2,5,7-9,13H2,1H3. The molecule has 1 atom stereocenters. The molecule has 1 heterocycles. The SMILES string of the molecule is CCC(CN)CNCCc1cccnc1. The average molecular weight is 207 g/mol. The highest BCUT2D eigenvalue weighted by molar-refractivity contribution is 5.08. The molecule has 3 N–H and O–H groups in total. The monoisotopic (exact) mass is 207 g/mol. The van der Waals surface area contributed by atoms with Gasteiger partial charge in [-0.15, -0.1) is 0 Å². The van der Waals surface area contributed by atoms with Gasteiger partial charge in [0.05, 0.1) is 0 Å². The fourth-order valence-electron chi connectivity index (χ4n) is 1.48. The van der Waals surface area contributed by atoms with Gasteiger partial charge in [0.15, 0.2) is 0 Å². The van der Waals surface area contributed by atoms with Crippen LogP contribution < -0.4 is 11.1 Å². The molecule has 0 aliphatic heterocycles. The van der Waals surface area contributed by atoms with Crippen LogP contribution in [0.25, 0.3) is 0 Å². The fraction of sp³-hybridized carbons (Fsp3) is 0.583. The highest BCUT2D eigenvalue weighted by atomic mass is 14.9. The van der Waals surface area contributed by atoms with E-state index in [1.165, 1.54) is 5.56 Å². The quantitative estimate of drug-likeness (QED) is 0.661. The van der Waals surface area contributed by atoms with Gasteiger partial charge in [0, 0.05) is 12.4 Å². The van der Waals surface area contributed by atoms with E-state index in [1.807, 2.05) is 12.3 Å². The number of nitrogens with zero attached hydrogens (tertiary/aromatic N) is 1. The molecule has 0 saturated carbocycles. The molecule has 0 amide bonds. The third kappa shape index (κ3) is 4.91. The van der Waals surface area contributed by atoms with Gasteiger partial charge in [-0.05, 0) is 43.6 Å². The Labute approximate surface area is 92.1 Å². The molecular formula is C12H21N3. The Balaban J connectivity index is 2.12. The van der Waals surface area contributed by atoms with Crippen molar-refractivity contribution in [1.29, 1.82) is 0 Å². The van der Waals surface area contributed by atoms with E-state index in [0.29, 0.717) is 5.92 Å². The van der Waals surface area contributed by atoms with Crippen LogP contribution in [-0.2, 0) is 6.42 Å². The lowest BCUT2D eigenvalue weighted by Gasteiger charge is -2.12. The maximum atomic E-state index is 5.63. The Kier molecular flexibility index (Phi) is 5.97. The fourth-order valence-corrected chi connectivity index (χ4v) is 1.48. The lowest BCUT2D eigenvalue weighted by Crippen LogP contribution is -2.29. The van der Waals surface area contributed by atoms with Gasteiger partial charge in [-0.2, -0.15) is 0 Å². The second kappa shape index (κ2) is 7.37. The predicted octanol–water partition coefficient (Wildman–Crippen LogP) is 1.20. The van der Waals surface area contributed by atoms with Crippen molar-refractivity contribution >= 4 is 0 Å². The molecule has 3 nitrogen and oxygen atoms in total. The van der Waals surface area contributed by atoms with Gasteiger partial charge in [0.1, 0.15) is 0 Å². The third-order valence-electron chi connectivity index (χ3n) is 2.66. The lowest BCUT2D eigenvalue weighted by molar-refractivity contribution is 0.473. The van der Waals surface area contributed by atoms with E-state index < -0.39 is 0 Å². The van der Waals surface area contributed by atoms with E-state index in [1.54, 1.807) is 6.20 Å². The van der Waals surface area contributed by atoms with Crippen molar-refractivity contribution in [3.05, 3.63) is 30.1 Å². The number of nitrogens with two attached hydrogens (primary N) is 1. The summed E-state index contributed by atoms with van der Waals surface area (Å²) in [6, 6.07) is 4.08. The van der Waals surface area contributed by atoms with Crippen LogP contribution >= 0.6 is 0 Å². The Morgan fingerprint density at radius 1 is 1.53 bits per heavy atom. The first kappa shape index (κ1) is 12.1. The molecule has 0 bridgehead atoms. The van der Waals surface area contributed by atoms with Crippen molar-refractivity contribution in [2.75, 3.05) is 19.6 Å². The van der Waals surface area contributed by atoms with E-state index in [9.17, 15) is 0 Å². The Morgan fingerprint density at radius 2 is 2.40 bits per heavy atom. The minimum Gasteiger partial charge on any atom is -0.330 e. The van der Waals surface area contributed by atoms with Gasteiger partial charge in [-0.3, -0.25) is 4.98 Å². The Hall–Kier alpha value is -0.930. The summed E-state index contributed by atoms with van der Waals surface area (Å²) < 4.78 is 0. The van der Waals surface area contributed by atoms with Gasteiger partial charge >= 0.3 is 0 Å². The van der Waals surface area contributed by atoms with Gasteiger partial charge in [-0.1, -0.05) is 19.4 Å². The van der Waals surface area contributed by atoms with E-state index in [4.69, 9.17) is 5.73 Å². The van der Waals surface area contributed by atoms with Crippen LogP contribution in [0.2, 0.25) is 0 Å². The molecule has 3 heteroatoms. The largest absolute Gasteiger partial charge is 0.330 e.